The molecule has 1 heterocycles. The zero-order valence-corrected chi connectivity index (χ0v) is 15.9. The topological polar surface area (TPSA) is 12.4 Å². The van der Waals surface area contributed by atoms with Gasteiger partial charge in [-0.1, -0.05) is 71.9 Å². The van der Waals surface area contributed by atoms with E-state index in [1.807, 2.05) is 0 Å². The number of hydrogen-bond donors (Lipinski definition) is 0. The lowest BCUT2D eigenvalue weighted by atomic mass is 9.82. The Balaban J connectivity index is 2.20. The molecule has 0 fully saturated rings. The van der Waals surface area contributed by atoms with Crippen LogP contribution in [0.4, 0.5) is 5.69 Å². The zero-order chi connectivity index (χ0) is 17.4. The summed E-state index contributed by atoms with van der Waals surface area (Å²) in [5.74, 6) is 1.56. The predicted molar refractivity (Wildman–Crippen MR) is 105 cm³/mol. The van der Waals surface area contributed by atoms with Gasteiger partial charge < -0.3 is 0 Å². The van der Waals surface area contributed by atoms with Crippen LogP contribution in [0.1, 0.15) is 87.1 Å². The Kier molecular flexibility index (Phi) is 4.62. The van der Waals surface area contributed by atoms with Crippen molar-refractivity contribution in [2.75, 3.05) is 0 Å². The summed E-state index contributed by atoms with van der Waals surface area (Å²) < 4.78 is 0. The standard InChI is InChI=1S/C23H29N/c1-14(2)18-11-19(15(3)4)23(20(12-18)16(5)6)22-13-17-9-7-8-10-21(17)24-22/h7-12,14-16H,13H2,1-6H3. The molecule has 0 radical (unpaired) electrons. The van der Waals surface area contributed by atoms with E-state index < -0.39 is 0 Å². The van der Waals surface area contributed by atoms with E-state index >= 15 is 0 Å². The fraction of sp³-hybridized carbons (Fsp3) is 0.435. The molecule has 0 saturated heterocycles. The summed E-state index contributed by atoms with van der Waals surface area (Å²) in [5, 5.41) is 0. The van der Waals surface area contributed by atoms with E-state index in [9.17, 15) is 0 Å². The monoisotopic (exact) mass is 319 g/mol. The summed E-state index contributed by atoms with van der Waals surface area (Å²) >= 11 is 0. The first-order chi connectivity index (χ1) is 11.4. The molecule has 126 valence electrons. The molecule has 24 heavy (non-hydrogen) atoms. The minimum absolute atomic E-state index is 0.502. The lowest BCUT2D eigenvalue weighted by molar-refractivity contribution is 0.800. The van der Waals surface area contributed by atoms with Crippen molar-refractivity contribution in [2.24, 2.45) is 4.99 Å². The maximum atomic E-state index is 5.00. The van der Waals surface area contributed by atoms with Gasteiger partial charge in [0.05, 0.1) is 11.4 Å². The molecule has 2 aromatic rings. The largest absolute Gasteiger partial charge is 0.252 e. The number of fused-ring (bicyclic) bond motifs is 1. The SMILES string of the molecule is CC(C)c1cc(C(C)C)c(C2=Nc3ccccc3C2)c(C(C)C)c1. The number of rotatable bonds is 4. The van der Waals surface area contributed by atoms with E-state index in [1.54, 1.807) is 0 Å². The molecule has 0 bridgehead atoms. The van der Waals surface area contributed by atoms with Gasteiger partial charge in [-0.3, -0.25) is 4.99 Å². The van der Waals surface area contributed by atoms with Crippen molar-refractivity contribution in [3.63, 3.8) is 0 Å². The van der Waals surface area contributed by atoms with Crippen LogP contribution in [0.5, 0.6) is 0 Å². The molecule has 1 aliphatic heterocycles. The Bertz CT molecular complexity index is 749. The maximum absolute atomic E-state index is 5.00. The number of aliphatic imine (C=N–C) groups is 1. The first kappa shape index (κ1) is 17.0. The van der Waals surface area contributed by atoms with Crippen LogP contribution in [0.15, 0.2) is 41.4 Å². The van der Waals surface area contributed by atoms with Gasteiger partial charge in [-0.2, -0.15) is 0 Å². The number of benzene rings is 2. The minimum Gasteiger partial charge on any atom is -0.252 e. The molecule has 0 saturated carbocycles. The van der Waals surface area contributed by atoms with Gasteiger partial charge in [0.15, 0.2) is 0 Å². The third-order valence-corrected chi connectivity index (χ3v) is 5.03. The highest BCUT2D eigenvalue weighted by Crippen LogP contribution is 2.36. The van der Waals surface area contributed by atoms with Gasteiger partial charge >= 0.3 is 0 Å². The minimum atomic E-state index is 0.502. The third-order valence-electron chi connectivity index (χ3n) is 5.03. The van der Waals surface area contributed by atoms with Crippen molar-refractivity contribution in [3.8, 4) is 0 Å². The summed E-state index contributed by atoms with van der Waals surface area (Å²) in [6, 6.07) is 13.4. The van der Waals surface area contributed by atoms with E-state index in [0.29, 0.717) is 17.8 Å². The van der Waals surface area contributed by atoms with E-state index in [1.165, 1.54) is 33.5 Å². The van der Waals surface area contributed by atoms with E-state index in [-0.39, 0.29) is 0 Å². The molecule has 0 aliphatic carbocycles. The van der Waals surface area contributed by atoms with Gasteiger partial charge in [0, 0.05) is 12.0 Å². The van der Waals surface area contributed by atoms with Crippen LogP contribution in [0.3, 0.4) is 0 Å². The van der Waals surface area contributed by atoms with Crippen LogP contribution >= 0.6 is 0 Å². The summed E-state index contributed by atoms with van der Waals surface area (Å²) in [6.45, 7) is 13.8. The van der Waals surface area contributed by atoms with Gasteiger partial charge in [-0.15, -0.1) is 0 Å². The van der Waals surface area contributed by atoms with Crippen molar-refractivity contribution in [2.45, 2.75) is 65.7 Å². The normalized spacial score (nSPS) is 13.8. The van der Waals surface area contributed by atoms with Crippen LogP contribution in [0.2, 0.25) is 0 Å². The lowest BCUT2D eigenvalue weighted by Gasteiger charge is -2.23. The average molecular weight is 319 g/mol. The maximum Gasteiger partial charge on any atom is 0.0669 e. The van der Waals surface area contributed by atoms with Gasteiger partial charge in [0.1, 0.15) is 0 Å². The van der Waals surface area contributed by atoms with Crippen molar-refractivity contribution in [1.29, 1.82) is 0 Å². The van der Waals surface area contributed by atoms with Gasteiger partial charge in [0.25, 0.3) is 0 Å². The average Bonchev–Trinajstić information content (AvgIpc) is 2.96. The molecule has 0 spiro atoms. The molecule has 1 aliphatic rings. The molecule has 0 aromatic heterocycles. The van der Waals surface area contributed by atoms with Crippen LogP contribution in [-0.2, 0) is 6.42 Å². The van der Waals surface area contributed by atoms with E-state index in [0.717, 1.165) is 12.1 Å². The summed E-state index contributed by atoms with van der Waals surface area (Å²) in [5.41, 5.74) is 9.50. The highest BCUT2D eigenvalue weighted by atomic mass is 14.8. The zero-order valence-electron chi connectivity index (χ0n) is 15.9. The molecule has 0 amide bonds. The second-order valence-electron chi connectivity index (χ2n) is 7.90. The molecule has 1 heteroatoms. The first-order valence-electron chi connectivity index (χ1n) is 9.22. The van der Waals surface area contributed by atoms with Gasteiger partial charge in [0.2, 0.25) is 0 Å². The van der Waals surface area contributed by atoms with Crippen LogP contribution in [0.25, 0.3) is 0 Å². The Morgan fingerprint density at radius 2 is 1.38 bits per heavy atom. The number of hydrogen-bond acceptors (Lipinski definition) is 1. The molecule has 0 atom stereocenters. The van der Waals surface area contributed by atoms with Gasteiger partial charge in [-0.25, -0.2) is 0 Å². The summed E-state index contributed by atoms with van der Waals surface area (Å²) in [6.07, 6.45) is 0.955. The third kappa shape index (κ3) is 3.05. The van der Waals surface area contributed by atoms with Gasteiger partial charge in [-0.05, 0) is 46.1 Å². The highest BCUT2D eigenvalue weighted by Gasteiger charge is 2.24. The second kappa shape index (κ2) is 6.55. The van der Waals surface area contributed by atoms with Crippen molar-refractivity contribution < 1.29 is 0 Å². The van der Waals surface area contributed by atoms with E-state index in [4.69, 9.17) is 4.99 Å². The molecular weight excluding hydrogens is 290 g/mol. The summed E-state index contributed by atoms with van der Waals surface area (Å²) in [4.78, 5) is 5.00. The molecule has 0 N–H and O–H groups in total. The van der Waals surface area contributed by atoms with Crippen LogP contribution < -0.4 is 0 Å². The first-order valence-corrected chi connectivity index (χ1v) is 9.22. The van der Waals surface area contributed by atoms with Crippen molar-refractivity contribution in [3.05, 3.63) is 64.2 Å². The summed E-state index contributed by atoms with van der Waals surface area (Å²) in [7, 11) is 0. The van der Waals surface area contributed by atoms with Crippen molar-refractivity contribution >= 4 is 11.4 Å². The second-order valence-corrected chi connectivity index (χ2v) is 7.90. The molecule has 0 unspecified atom stereocenters. The Morgan fingerprint density at radius 1 is 0.792 bits per heavy atom. The fourth-order valence-corrected chi connectivity index (χ4v) is 3.57. The van der Waals surface area contributed by atoms with Crippen LogP contribution in [-0.4, -0.2) is 5.71 Å². The molecular formula is C23H29N. The van der Waals surface area contributed by atoms with Crippen molar-refractivity contribution in [1.82, 2.24) is 0 Å². The van der Waals surface area contributed by atoms with E-state index in [2.05, 4.69) is 77.9 Å². The smallest absolute Gasteiger partial charge is 0.0669 e. The molecule has 1 nitrogen and oxygen atoms in total. The number of para-hydroxylation sites is 1. The number of nitrogens with zero attached hydrogens (tertiary/aromatic N) is 1. The van der Waals surface area contributed by atoms with Crippen LogP contribution in [0, 0.1) is 0 Å². The lowest BCUT2D eigenvalue weighted by Crippen LogP contribution is -2.13. The Hall–Kier alpha value is -1.89. The molecule has 2 aromatic carbocycles. The predicted octanol–water partition coefficient (Wildman–Crippen LogP) is 6.73. The Labute approximate surface area is 146 Å². The Morgan fingerprint density at radius 3 is 1.88 bits per heavy atom. The fourth-order valence-electron chi connectivity index (χ4n) is 3.57. The highest BCUT2D eigenvalue weighted by molar-refractivity contribution is 6.08. The quantitative estimate of drug-likeness (QED) is 0.592. The molecule has 3 rings (SSSR count).